The molecule has 1 N–H and O–H groups in total. The predicted molar refractivity (Wildman–Crippen MR) is 97.5 cm³/mol. The highest BCUT2D eigenvalue weighted by Gasteiger charge is 2.24. The van der Waals surface area contributed by atoms with Crippen LogP contribution in [0.3, 0.4) is 0 Å². The quantitative estimate of drug-likeness (QED) is 0.828. The highest BCUT2D eigenvalue weighted by Crippen LogP contribution is 2.16. The number of benzene rings is 1. The van der Waals surface area contributed by atoms with Gasteiger partial charge in [-0.15, -0.1) is 0 Å². The summed E-state index contributed by atoms with van der Waals surface area (Å²) in [6.45, 7) is 4.32. The molecule has 1 amide bonds. The molecule has 1 aromatic carbocycles. The number of rotatable bonds is 5. The summed E-state index contributed by atoms with van der Waals surface area (Å²) in [5.74, 6) is 0.477. The van der Waals surface area contributed by atoms with Gasteiger partial charge >= 0.3 is 0 Å². The van der Waals surface area contributed by atoms with Gasteiger partial charge in [0.05, 0.1) is 4.90 Å². The third-order valence-corrected chi connectivity index (χ3v) is 5.67. The molecule has 0 radical (unpaired) electrons. The van der Waals surface area contributed by atoms with Gasteiger partial charge in [-0.05, 0) is 24.3 Å². The first kappa shape index (κ1) is 18.3. The molecule has 1 aliphatic heterocycles. The number of carbonyl (C=O) groups excluding carboxylic acids is 1. The fourth-order valence-corrected chi connectivity index (χ4v) is 3.90. The second-order valence-electron chi connectivity index (χ2n) is 5.86. The first-order valence-corrected chi connectivity index (χ1v) is 9.90. The SMILES string of the molecule is CCNS(=O)(=O)c1cccc(C(=O)N2CCN(c3ncccn3)CC2)c1. The van der Waals surface area contributed by atoms with Crippen molar-refractivity contribution >= 4 is 21.9 Å². The van der Waals surface area contributed by atoms with Gasteiger partial charge in [0.2, 0.25) is 16.0 Å². The largest absolute Gasteiger partial charge is 0.337 e. The molecule has 3 rings (SSSR count). The van der Waals surface area contributed by atoms with Crippen molar-refractivity contribution in [3.8, 4) is 0 Å². The van der Waals surface area contributed by atoms with E-state index in [0.717, 1.165) is 0 Å². The van der Waals surface area contributed by atoms with Crippen LogP contribution < -0.4 is 9.62 Å². The Kier molecular flexibility index (Phi) is 5.48. The van der Waals surface area contributed by atoms with Crippen LogP contribution in [-0.4, -0.2) is 61.9 Å². The van der Waals surface area contributed by atoms with Crippen LogP contribution in [0.15, 0.2) is 47.6 Å². The van der Waals surface area contributed by atoms with E-state index in [1.54, 1.807) is 42.4 Å². The highest BCUT2D eigenvalue weighted by molar-refractivity contribution is 7.89. The number of aromatic nitrogens is 2. The molecule has 2 heterocycles. The summed E-state index contributed by atoms with van der Waals surface area (Å²) in [4.78, 5) is 25.0. The maximum Gasteiger partial charge on any atom is 0.254 e. The number of nitrogens with one attached hydrogen (secondary N) is 1. The van der Waals surface area contributed by atoms with Gasteiger partial charge in [0, 0.05) is 50.7 Å². The molecule has 0 spiro atoms. The maximum atomic E-state index is 12.7. The molecule has 0 unspecified atom stereocenters. The van der Waals surface area contributed by atoms with Crippen LogP contribution in [0.4, 0.5) is 5.95 Å². The average molecular weight is 375 g/mol. The molecule has 9 heteroatoms. The summed E-state index contributed by atoms with van der Waals surface area (Å²) in [5, 5.41) is 0. The first-order chi connectivity index (χ1) is 12.5. The molecule has 0 bridgehead atoms. The van der Waals surface area contributed by atoms with Crippen molar-refractivity contribution < 1.29 is 13.2 Å². The van der Waals surface area contributed by atoms with E-state index >= 15 is 0 Å². The molecular formula is C17H21N5O3S. The summed E-state index contributed by atoms with van der Waals surface area (Å²) < 4.78 is 26.7. The summed E-state index contributed by atoms with van der Waals surface area (Å²) in [5.41, 5.74) is 0.369. The Hall–Kier alpha value is -2.52. The van der Waals surface area contributed by atoms with Crippen molar-refractivity contribution in [3.05, 3.63) is 48.3 Å². The van der Waals surface area contributed by atoms with Crippen molar-refractivity contribution in [2.24, 2.45) is 0 Å². The monoisotopic (exact) mass is 375 g/mol. The van der Waals surface area contributed by atoms with Crippen LogP contribution in [0.25, 0.3) is 0 Å². The Morgan fingerprint density at radius 2 is 1.81 bits per heavy atom. The van der Waals surface area contributed by atoms with Crippen molar-refractivity contribution in [2.45, 2.75) is 11.8 Å². The average Bonchev–Trinajstić information content (AvgIpc) is 2.68. The fraction of sp³-hybridized carbons (Fsp3) is 0.353. The lowest BCUT2D eigenvalue weighted by molar-refractivity contribution is 0.0746. The number of anilines is 1. The van der Waals surface area contributed by atoms with E-state index in [0.29, 0.717) is 44.2 Å². The minimum absolute atomic E-state index is 0.0986. The van der Waals surface area contributed by atoms with E-state index in [1.165, 1.54) is 12.1 Å². The number of hydrogen-bond donors (Lipinski definition) is 1. The third-order valence-electron chi connectivity index (χ3n) is 4.13. The Bertz CT molecular complexity index is 865. The second-order valence-corrected chi connectivity index (χ2v) is 7.62. The van der Waals surface area contributed by atoms with E-state index in [-0.39, 0.29) is 10.8 Å². The van der Waals surface area contributed by atoms with Crippen LogP contribution in [0.5, 0.6) is 0 Å². The van der Waals surface area contributed by atoms with E-state index in [9.17, 15) is 13.2 Å². The number of hydrogen-bond acceptors (Lipinski definition) is 6. The molecule has 26 heavy (non-hydrogen) atoms. The van der Waals surface area contributed by atoms with E-state index in [4.69, 9.17) is 0 Å². The number of sulfonamides is 1. The summed E-state index contributed by atoms with van der Waals surface area (Å²) in [6, 6.07) is 7.90. The normalized spacial score (nSPS) is 15.1. The lowest BCUT2D eigenvalue weighted by atomic mass is 10.2. The molecule has 138 valence electrons. The first-order valence-electron chi connectivity index (χ1n) is 8.42. The van der Waals surface area contributed by atoms with Crippen LogP contribution in [0.2, 0.25) is 0 Å². The minimum Gasteiger partial charge on any atom is -0.337 e. The van der Waals surface area contributed by atoms with Gasteiger partial charge in [-0.2, -0.15) is 0 Å². The van der Waals surface area contributed by atoms with Crippen LogP contribution in [0, 0.1) is 0 Å². The Balaban J connectivity index is 1.69. The molecule has 1 fully saturated rings. The van der Waals surface area contributed by atoms with Crippen molar-refractivity contribution in [2.75, 3.05) is 37.6 Å². The van der Waals surface area contributed by atoms with Gasteiger partial charge in [-0.25, -0.2) is 23.1 Å². The molecule has 1 aliphatic rings. The smallest absolute Gasteiger partial charge is 0.254 e. The Morgan fingerprint density at radius 1 is 1.12 bits per heavy atom. The van der Waals surface area contributed by atoms with Crippen LogP contribution >= 0.6 is 0 Å². The molecule has 0 atom stereocenters. The topological polar surface area (TPSA) is 95.5 Å². The zero-order chi connectivity index (χ0) is 18.6. The standard InChI is InChI=1S/C17H21N5O3S/c1-2-20-26(24,25)15-6-3-5-14(13-15)16(23)21-9-11-22(12-10-21)17-18-7-4-8-19-17/h3-8,13,20H,2,9-12H2,1H3. The summed E-state index contributed by atoms with van der Waals surface area (Å²) >= 11 is 0. The van der Waals surface area contributed by atoms with E-state index in [1.807, 2.05) is 4.90 Å². The van der Waals surface area contributed by atoms with Gasteiger partial charge < -0.3 is 9.80 Å². The zero-order valence-electron chi connectivity index (χ0n) is 14.5. The maximum absolute atomic E-state index is 12.7. The van der Waals surface area contributed by atoms with Gasteiger partial charge in [0.15, 0.2) is 0 Å². The van der Waals surface area contributed by atoms with Gasteiger partial charge in [-0.1, -0.05) is 13.0 Å². The lowest BCUT2D eigenvalue weighted by Crippen LogP contribution is -2.49. The Labute approximate surface area is 152 Å². The lowest BCUT2D eigenvalue weighted by Gasteiger charge is -2.34. The third kappa shape index (κ3) is 4.00. The van der Waals surface area contributed by atoms with Crippen LogP contribution in [-0.2, 0) is 10.0 Å². The number of amides is 1. The molecule has 0 saturated carbocycles. The molecule has 2 aromatic rings. The van der Waals surface area contributed by atoms with E-state index in [2.05, 4.69) is 14.7 Å². The minimum atomic E-state index is -3.59. The van der Waals surface area contributed by atoms with Crippen molar-refractivity contribution in [1.29, 1.82) is 0 Å². The Morgan fingerprint density at radius 3 is 2.46 bits per heavy atom. The summed E-state index contributed by atoms with van der Waals surface area (Å²) in [7, 11) is -3.59. The van der Waals surface area contributed by atoms with Gasteiger partial charge in [0.1, 0.15) is 0 Å². The number of piperazine rings is 1. The molecule has 1 saturated heterocycles. The summed E-state index contributed by atoms with van der Waals surface area (Å²) in [6.07, 6.45) is 3.38. The van der Waals surface area contributed by atoms with Crippen LogP contribution in [0.1, 0.15) is 17.3 Å². The van der Waals surface area contributed by atoms with Gasteiger partial charge in [0.25, 0.3) is 5.91 Å². The second kappa shape index (κ2) is 7.79. The van der Waals surface area contributed by atoms with E-state index < -0.39 is 10.0 Å². The molecule has 0 aliphatic carbocycles. The molecular weight excluding hydrogens is 354 g/mol. The zero-order valence-corrected chi connectivity index (χ0v) is 15.3. The highest BCUT2D eigenvalue weighted by atomic mass is 32.2. The fourth-order valence-electron chi connectivity index (χ4n) is 2.82. The number of nitrogens with zero attached hydrogens (tertiary/aromatic N) is 4. The predicted octanol–water partition coefficient (Wildman–Crippen LogP) is 0.737. The molecule has 8 nitrogen and oxygen atoms in total. The van der Waals surface area contributed by atoms with Crippen molar-refractivity contribution in [1.82, 2.24) is 19.6 Å². The van der Waals surface area contributed by atoms with Crippen molar-refractivity contribution in [3.63, 3.8) is 0 Å². The van der Waals surface area contributed by atoms with Gasteiger partial charge in [-0.3, -0.25) is 4.79 Å². The molecule has 1 aromatic heterocycles. The number of carbonyl (C=O) groups is 1.